The Morgan fingerprint density at radius 2 is 1.90 bits per heavy atom. The van der Waals surface area contributed by atoms with E-state index in [0.29, 0.717) is 30.4 Å². The molecule has 1 aliphatic heterocycles. The Balaban J connectivity index is 2.15. The highest BCUT2D eigenvalue weighted by atomic mass is 32.2. The maximum Gasteiger partial charge on any atom is 0.243 e. The standard InChI is InChI=1S/C15H24N2O2S/c1-12-3-4-15(13(2)11-12)20(18,19)17-9-6-14(5-8-16)7-10-17/h3-4,11,14H,5-10,16H2,1-2H3. The summed E-state index contributed by atoms with van der Waals surface area (Å²) in [6.45, 7) is 5.75. The SMILES string of the molecule is Cc1ccc(S(=O)(=O)N2CCC(CCN)CC2)c(C)c1. The van der Waals surface area contributed by atoms with E-state index >= 15 is 0 Å². The maximum absolute atomic E-state index is 12.7. The van der Waals surface area contributed by atoms with Crippen molar-refractivity contribution < 1.29 is 8.42 Å². The largest absolute Gasteiger partial charge is 0.330 e. The van der Waals surface area contributed by atoms with E-state index in [1.54, 1.807) is 10.4 Å². The third-order valence-electron chi connectivity index (χ3n) is 4.10. The van der Waals surface area contributed by atoms with Crippen LogP contribution in [0.4, 0.5) is 0 Å². The number of hydrogen-bond acceptors (Lipinski definition) is 3. The van der Waals surface area contributed by atoms with Crippen LogP contribution in [0.15, 0.2) is 23.1 Å². The van der Waals surface area contributed by atoms with Crippen molar-refractivity contribution in [1.29, 1.82) is 0 Å². The van der Waals surface area contributed by atoms with Crippen LogP contribution in [0.25, 0.3) is 0 Å². The van der Waals surface area contributed by atoms with Crippen LogP contribution in [0.2, 0.25) is 0 Å². The minimum absolute atomic E-state index is 0.445. The van der Waals surface area contributed by atoms with E-state index in [0.717, 1.165) is 30.4 Å². The zero-order valence-electron chi connectivity index (χ0n) is 12.3. The predicted octanol–water partition coefficient (Wildman–Crippen LogP) is 2.05. The third-order valence-corrected chi connectivity index (χ3v) is 6.16. The van der Waals surface area contributed by atoms with Crippen molar-refractivity contribution in [2.24, 2.45) is 11.7 Å². The number of aryl methyl sites for hydroxylation is 2. The molecule has 0 saturated carbocycles. The van der Waals surface area contributed by atoms with Crippen LogP contribution in [0, 0.1) is 19.8 Å². The van der Waals surface area contributed by atoms with Crippen molar-refractivity contribution in [3.05, 3.63) is 29.3 Å². The van der Waals surface area contributed by atoms with E-state index < -0.39 is 10.0 Å². The van der Waals surface area contributed by atoms with Gasteiger partial charge in [-0.3, -0.25) is 0 Å². The van der Waals surface area contributed by atoms with Gasteiger partial charge in [0.05, 0.1) is 4.90 Å². The van der Waals surface area contributed by atoms with Gasteiger partial charge in [-0.1, -0.05) is 17.7 Å². The van der Waals surface area contributed by atoms with E-state index in [-0.39, 0.29) is 0 Å². The molecule has 0 atom stereocenters. The number of benzene rings is 1. The molecule has 2 rings (SSSR count). The van der Waals surface area contributed by atoms with Crippen LogP contribution in [-0.4, -0.2) is 32.4 Å². The van der Waals surface area contributed by atoms with E-state index in [1.807, 2.05) is 26.0 Å². The van der Waals surface area contributed by atoms with Crippen LogP contribution < -0.4 is 5.73 Å². The normalized spacial score (nSPS) is 18.4. The van der Waals surface area contributed by atoms with Crippen molar-refractivity contribution in [2.75, 3.05) is 19.6 Å². The van der Waals surface area contributed by atoms with Crippen LogP contribution >= 0.6 is 0 Å². The molecule has 0 radical (unpaired) electrons. The summed E-state index contributed by atoms with van der Waals surface area (Å²) >= 11 is 0. The Labute approximate surface area is 122 Å². The second-order valence-corrected chi connectivity index (χ2v) is 7.60. The molecular weight excluding hydrogens is 272 g/mol. The van der Waals surface area contributed by atoms with Gasteiger partial charge in [-0.25, -0.2) is 8.42 Å². The molecule has 1 aromatic carbocycles. The topological polar surface area (TPSA) is 63.4 Å². The second kappa shape index (κ2) is 6.24. The molecule has 0 bridgehead atoms. The average molecular weight is 296 g/mol. The van der Waals surface area contributed by atoms with Gasteiger partial charge in [0.25, 0.3) is 0 Å². The van der Waals surface area contributed by atoms with Gasteiger partial charge in [0, 0.05) is 13.1 Å². The lowest BCUT2D eigenvalue weighted by Crippen LogP contribution is -2.39. The first kappa shape index (κ1) is 15.5. The van der Waals surface area contributed by atoms with E-state index in [1.165, 1.54) is 0 Å². The molecule has 0 spiro atoms. The van der Waals surface area contributed by atoms with Crippen molar-refractivity contribution >= 4 is 10.0 Å². The maximum atomic E-state index is 12.7. The van der Waals surface area contributed by atoms with Crippen LogP contribution in [0.3, 0.4) is 0 Å². The Morgan fingerprint density at radius 3 is 2.45 bits per heavy atom. The fraction of sp³-hybridized carbons (Fsp3) is 0.600. The van der Waals surface area contributed by atoms with Crippen molar-refractivity contribution in [1.82, 2.24) is 4.31 Å². The molecular formula is C15H24N2O2S. The van der Waals surface area contributed by atoms with Crippen molar-refractivity contribution in [3.63, 3.8) is 0 Å². The molecule has 0 unspecified atom stereocenters. The lowest BCUT2D eigenvalue weighted by Gasteiger charge is -2.31. The molecule has 0 aromatic heterocycles. The fourth-order valence-corrected chi connectivity index (χ4v) is 4.58. The Morgan fingerprint density at radius 1 is 1.25 bits per heavy atom. The van der Waals surface area contributed by atoms with Crippen LogP contribution in [-0.2, 0) is 10.0 Å². The highest BCUT2D eigenvalue weighted by molar-refractivity contribution is 7.89. The summed E-state index contributed by atoms with van der Waals surface area (Å²) in [6.07, 6.45) is 2.83. The smallest absolute Gasteiger partial charge is 0.243 e. The van der Waals surface area contributed by atoms with Gasteiger partial charge in [-0.2, -0.15) is 4.31 Å². The first-order chi connectivity index (χ1) is 9.45. The van der Waals surface area contributed by atoms with Gasteiger partial charge >= 0.3 is 0 Å². The first-order valence-electron chi connectivity index (χ1n) is 7.22. The molecule has 1 heterocycles. The summed E-state index contributed by atoms with van der Waals surface area (Å²) in [6, 6.07) is 5.51. The Kier molecular flexibility index (Phi) is 4.83. The molecule has 2 N–H and O–H groups in total. The second-order valence-electron chi connectivity index (χ2n) is 5.69. The Bertz CT molecular complexity index is 561. The zero-order chi connectivity index (χ0) is 14.8. The van der Waals surface area contributed by atoms with E-state index in [9.17, 15) is 8.42 Å². The monoisotopic (exact) mass is 296 g/mol. The Hall–Kier alpha value is -0.910. The highest BCUT2D eigenvalue weighted by Gasteiger charge is 2.29. The lowest BCUT2D eigenvalue weighted by molar-refractivity contribution is 0.265. The third kappa shape index (κ3) is 3.22. The quantitative estimate of drug-likeness (QED) is 0.925. The first-order valence-corrected chi connectivity index (χ1v) is 8.66. The summed E-state index contributed by atoms with van der Waals surface area (Å²) in [7, 11) is -3.35. The summed E-state index contributed by atoms with van der Waals surface area (Å²) < 4.78 is 27.0. The number of piperidine rings is 1. The van der Waals surface area contributed by atoms with Crippen LogP contribution in [0.5, 0.6) is 0 Å². The molecule has 1 fully saturated rings. The predicted molar refractivity (Wildman–Crippen MR) is 81.1 cm³/mol. The fourth-order valence-electron chi connectivity index (χ4n) is 2.90. The molecule has 1 saturated heterocycles. The molecule has 20 heavy (non-hydrogen) atoms. The summed E-state index contributed by atoms with van der Waals surface area (Å²) in [5, 5.41) is 0. The number of sulfonamides is 1. The molecule has 0 amide bonds. The summed E-state index contributed by atoms with van der Waals surface area (Å²) in [5.74, 6) is 0.575. The summed E-state index contributed by atoms with van der Waals surface area (Å²) in [4.78, 5) is 0.445. The number of nitrogens with two attached hydrogens (primary N) is 1. The average Bonchev–Trinajstić information content (AvgIpc) is 2.39. The van der Waals surface area contributed by atoms with Gasteiger partial charge in [-0.05, 0) is 57.2 Å². The molecule has 1 aliphatic rings. The van der Waals surface area contributed by atoms with Crippen molar-refractivity contribution in [3.8, 4) is 0 Å². The van der Waals surface area contributed by atoms with Gasteiger partial charge in [-0.15, -0.1) is 0 Å². The van der Waals surface area contributed by atoms with Crippen LogP contribution in [0.1, 0.15) is 30.4 Å². The molecule has 5 heteroatoms. The molecule has 0 aliphatic carbocycles. The van der Waals surface area contributed by atoms with Gasteiger partial charge < -0.3 is 5.73 Å². The van der Waals surface area contributed by atoms with E-state index in [2.05, 4.69) is 0 Å². The minimum atomic E-state index is -3.35. The van der Waals surface area contributed by atoms with E-state index in [4.69, 9.17) is 5.73 Å². The number of hydrogen-bond donors (Lipinski definition) is 1. The van der Waals surface area contributed by atoms with Gasteiger partial charge in [0.1, 0.15) is 0 Å². The number of nitrogens with zero attached hydrogens (tertiary/aromatic N) is 1. The van der Waals surface area contributed by atoms with Gasteiger partial charge in [0.2, 0.25) is 10.0 Å². The lowest BCUT2D eigenvalue weighted by atomic mass is 9.95. The zero-order valence-corrected chi connectivity index (χ0v) is 13.1. The van der Waals surface area contributed by atoms with Gasteiger partial charge in [0.15, 0.2) is 0 Å². The minimum Gasteiger partial charge on any atom is -0.330 e. The summed E-state index contributed by atoms with van der Waals surface area (Å²) in [5.41, 5.74) is 7.49. The molecule has 4 nitrogen and oxygen atoms in total. The number of rotatable bonds is 4. The molecule has 112 valence electrons. The van der Waals surface area contributed by atoms with Crippen molar-refractivity contribution in [2.45, 2.75) is 38.0 Å². The molecule has 1 aromatic rings. The highest BCUT2D eigenvalue weighted by Crippen LogP contribution is 2.27.